The van der Waals surface area contributed by atoms with Gasteiger partial charge in [0.05, 0.1) is 19.3 Å². The molecule has 0 aliphatic carbocycles. The highest BCUT2D eigenvalue weighted by atomic mass is 16.5. The first-order chi connectivity index (χ1) is 9.06. The fraction of sp³-hybridized carbons (Fsp3) is 0.500. The van der Waals surface area contributed by atoms with Crippen LogP contribution >= 0.6 is 0 Å². The van der Waals surface area contributed by atoms with Gasteiger partial charge in [-0.3, -0.25) is 0 Å². The topological polar surface area (TPSA) is 78.8 Å². The monoisotopic (exact) mass is 267 g/mol. The quantitative estimate of drug-likeness (QED) is 0.709. The minimum Gasteiger partial charge on any atom is -0.493 e. The van der Waals surface area contributed by atoms with E-state index in [1.165, 1.54) is 0 Å². The van der Waals surface area contributed by atoms with Crippen LogP contribution in [0.2, 0.25) is 0 Å². The van der Waals surface area contributed by atoms with E-state index in [4.69, 9.17) is 14.9 Å². The number of carbonyl (C=O) groups is 1. The third-order valence-corrected chi connectivity index (χ3v) is 2.99. The van der Waals surface area contributed by atoms with Crippen molar-refractivity contribution in [2.45, 2.75) is 26.3 Å². The molecule has 2 atom stereocenters. The minimum atomic E-state index is -1.16. The molecule has 106 valence electrons. The van der Waals surface area contributed by atoms with Gasteiger partial charge in [-0.25, -0.2) is 4.79 Å². The first-order valence-electron chi connectivity index (χ1n) is 6.39. The third-order valence-electron chi connectivity index (χ3n) is 2.99. The third kappa shape index (κ3) is 5.18. The van der Waals surface area contributed by atoms with E-state index in [0.29, 0.717) is 18.1 Å². The van der Waals surface area contributed by atoms with E-state index >= 15 is 0 Å². The van der Waals surface area contributed by atoms with Crippen molar-refractivity contribution in [2.24, 2.45) is 5.92 Å². The number of aliphatic hydroxyl groups excluding tert-OH is 1. The Hall–Kier alpha value is -1.75. The molecule has 0 saturated carbocycles. The van der Waals surface area contributed by atoms with Crippen molar-refractivity contribution in [3.63, 3.8) is 0 Å². The lowest BCUT2D eigenvalue weighted by atomic mass is 10.1. The number of ether oxygens (including phenoxy) is 1. The second-order valence-electron chi connectivity index (χ2n) is 4.58. The molecular weight excluding hydrogens is 246 g/mol. The second-order valence-corrected chi connectivity index (χ2v) is 4.58. The van der Waals surface area contributed by atoms with Crippen molar-refractivity contribution in [1.29, 1.82) is 0 Å². The molecule has 0 saturated heterocycles. The van der Waals surface area contributed by atoms with Crippen LogP contribution in [0.3, 0.4) is 0 Å². The number of aliphatic hydroxyl groups is 1. The zero-order valence-electron chi connectivity index (χ0n) is 11.3. The summed E-state index contributed by atoms with van der Waals surface area (Å²) in [7, 11) is 0. The average molecular weight is 267 g/mol. The molecule has 5 heteroatoms. The average Bonchev–Trinajstić information content (AvgIpc) is 2.42. The van der Waals surface area contributed by atoms with Crippen LogP contribution in [0.15, 0.2) is 24.3 Å². The Bertz CT molecular complexity index is 391. The Labute approximate surface area is 113 Å². The van der Waals surface area contributed by atoms with Crippen molar-refractivity contribution >= 4 is 6.09 Å². The standard InChI is InChI=1S/C14H21NO4/c1-3-10(2)9-19-12-6-4-11(5-7-12)13(8-16)15-14(17)18/h4-7,10,13,15-16H,3,8-9H2,1-2H3,(H,17,18)/t10-,13-/m0/s1. The van der Waals surface area contributed by atoms with Gasteiger partial charge in [0.15, 0.2) is 0 Å². The summed E-state index contributed by atoms with van der Waals surface area (Å²) < 4.78 is 5.61. The van der Waals surface area contributed by atoms with E-state index < -0.39 is 12.1 Å². The van der Waals surface area contributed by atoms with E-state index in [0.717, 1.165) is 12.2 Å². The van der Waals surface area contributed by atoms with Gasteiger partial charge in [0.2, 0.25) is 0 Å². The van der Waals surface area contributed by atoms with Crippen LogP contribution in [0.5, 0.6) is 5.75 Å². The number of amides is 1. The second kappa shape index (κ2) is 7.63. The van der Waals surface area contributed by atoms with E-state index in [-0.39, 0.29) is 6.61 Å². The SMILES string of the molecule is CC[C@H](C)COc1ccc([C@H](CO)NC(=O)O)cc1. The number of hydrogen-bond donors (Lipinski definition) is 3. The molecule has 5 nitrogen and oxygen atoms in total. The highest BCUT2D eigenvalue weighted by Crippen LogP contribution is 2.18. The van der Waals surface area contributed by atoms with E-state index in [1.54, 1.807) is 24.3 Å². The molecule has 1 aromatic carbocycles. The highest BCUT2D eigenvalue weighted by Gasteiger charge is 2.12. The van der Waals surface area contributed by atoms with Gasteiger partial charge in [-0.05, 0) is 23.6 Å². The van der Waals surface area contributed by atoms with Crippen LogP contribution in [-0.4, -0.2) is 29.5 Å². The molecule has 1 aromatic rings. The molecule has 0 spiro atoms. The smallest absolute Gasteiger partial charge is 0.405 e. The number of hydrogen-bond acceptors (Lipinski definition) is 3. The Morgan fingerprint density at radius 2 is 2.00 bits per heavy atom. The molecule has 0 fully saturated rings. The van der Waals surface area contributed by atoms with Gasteiger partial charge in [0.1, 0.15) is 5.75 Å². The summed E-state index contributed by atoms with van der Waals surface area (Å²) in [6.07, 6.45) is -0.0936. The van der Waals surface area contributed by atoms with E-state index in [2.05, 4.69) is 19.2 Å². The van der Waals surface area contributed by atoms with Gasteiger partial charge >= 0.3 is 6.09 Å². The molecule has 0 aliphatic rings. The van der Waals surface area contributed by atoms with Crippen LogP contribution in [0.1, 0.15) is 31.9 Å². The normalized spacial score (nSPS) is 13.6. The predicted molar refractivity (Wildman–Crippen MR) is 72.4 cm³/mol. The molecule has 1 amide bonds. The number of carboxylic acid groups (broad SMARTS) is 1. The van der Waals surface area contributed by atoms with Crippen molar-refractivity contribution in [3.8, 4) is 5.75 Å². The molecule has 0 aliphatic heterocycles. The molecular formula is C14H21NO4. The summed E-state index contributed by atoms with van der Waals surface area (Å²) in [5.41, 5.74) is 0.709. The van der Waals surface area contributed by atoms with Gasteiger partial charge in [-0.1, -0.05) is 32.4 Å². The summed E-state index contributed by atoms with van der Waals surface area (Å²) >= 11 is 0. The summed E-state index contributed by atoms with van der Waals surface area (Å²) in [6.45, 7) is 4.61. The Kier molecular flexibility index (Phi) is 6.15. The minimum absolute atomic E-state index is 0.278. The summed E-state index contributed by atoms with van der Waals surface area (Å²) in [5.74, 6) is 1.25. The fourth-order valence-corrected chi connectivity index (χ4v) is 1.54. The van der Waals surface area contributed by atoms with Crippen LogP contribution in [-0.2, 0) is 0 Å². The van der Waals surface area contributed by atoms with Crippen LogP contribution in [0.4, 0.5) is 4.79 Å². The van der Waals surface area contributed by atoms with Gasteiger partial charge < -0.3 is 20.3 Å². The van der Waals surface area contributed by atoms with Crippen molar-refractivity contribution < 1.29 is 19.7 Å². The van der Waals surface area contributed by atoms with Crippen LogP contribution < -0.4 is 10.1 Å². The van der Waals surface area contributed by atoms with Crippen molar-refractivity contribution in [1.82, 2.24) is 5.32 Å². The lowest BCUT2D eigenvalue weighted by Gasteiger charge is -2.15. The first-order valence-corrected chi connectivity index (χ1v) is 6.39. The van der Waals surface area contributed by atoms with Gasteiger partial charge in [-0.15, -0.1) is 0 Å². The molecule has 0 heterocycles. The first kappa shape index (κ1) is 15.3. The van der Waals surface area contributed by atoms with E-state index in [1.807, 2.05) is 0 Å². The van der Waals surface area contributed by atoms with Crippen LogP contribution in [0, 0.1) is 5.92 Å². The van der Waals surface area contributed by atoms with Crippen LogP contribution in [0.25, 0.3) is 0 Å². The largest absolute Gasteiger partial charge is 0.493 e. The maximum absolute atomic E-state index is 10.6. The summed E-state index contributed by atoms with van der Waals surface area (Å²) in [5, 5.41) is 20.1. The Balaban J connectivity index is 2.61. The number of nitrogens with one attached hydrogen (secondary N) is 1. The summed E-state index contributed by atoms with van der Waals surface area (Å²) in [6, 6.07) is 6.46. The maximum atomic E-state index is 10.6. The molecule has 3 N–H and O–H groups in total. The molecule has 0 aromatic heterocycles. The number of rotatable bonds is 7. The maximum Gasteiger partial charge on any atom is 0.405 e. The highest BCUT2D eigenvalue weighted by molar-refractivity contribution is 5.65. The molecule has 0 unspecified atom stereocenters. The van der Waals surface area contributed by atoms with Gasteiger partial charge in [0.25, 0.3) is 0 Å². The predicted octanol–water partition coefficient (Wildman–Crippen LogP) is 2.41. The fourth-order valence-electron chi connectivity index (χ4n) is 1.54. The zero-order chi connectivity index (χ0) is 14.3. The van der Waals surface area contributed by atoms with Crippen molar-refractivity contribution in [3.05, 3.63) is 29.8 Å². The van der Waals surface area contributed by atoms with Crippen molar-refractivity contribution in [2.75, 3.05) is 13.2 Å². The summed E-state index contributed by atoms with van der Waals surface area (Å²) in [4.78, 5) is 10.6. The molecule has 0 radical (unpaired) electrons. The Morgan fingerprint density at radius 1 is 1.37 bits per heavy atom. The van der Waals surface area contributed by atoms with Gasteiger partial charge in [-0.2, -0.15) is 0 Å². The lowest BCUT2D eigenvalue weighted by molar-refractivity contribution is 0.177. The Morgan fingerprint density at radius 3 is 2.47 bits per heavy atom. The number of benzene rings is 1. The molecule has 19 heavy (non-hydrogen) atoms. The molecule has 1 rings (SSSR count). The van der Waals surface area contributed by atoms with Gasteiger partial charge in [0, 0.05) is 0 Å². The van der Waals surface area contributed by atoms with E-state index in [9.17, 15) is 4.79 Å². The molecule has 0 bridgehead atoms. The zero-order valence-corrected chi connectivity index (χ0v) is 11.3. The lowest BCUT2D eigenvalue weighted by Crippen LogP contribution is -2.29.